The Morgan fingerprint density at radius 2 is 1.81 bits per heavy atom. The Labute approximate surface area is 92.3 Å². The van der Waals surface area contributed by atoms with Crippen LogP contribution in [0.15, 0.2) is 18.2 Å². The predicted octanol–water partition coefficient (Wildman–Crippen LogP) is 4.58. The minimum Gasteiger partial charge on any atom is -0.207 e. The third-order valence-corrected chi connectivity index (χ3v) is 2.43. The third kappa shape index (κ3) is 3.51. The van der Waals surface area contributed by atoms with Crippen molar-refractivity contribution in [1.82, 2.24) is 0 Å². The van der Waals surface area contributed by atoms with Gasteiger partial charge < -0.3 is 0 Å². The summed E-state index contributed by atoms with van der Waals surface area (Å²) in [5.74, 6) is -0.758. The van der Waals surface area contributed by atoms with Crippen LogP contribution in [-0.2, 0) is 12.6 Å². The van der Waals surface area contributed by atoms with Crippen LogP contribution in [0.3, 0.4) is 0 Å². The molecule has 0 atom stereocenters. The summed E-state index contributed by atoms with van der Waals surface area (Å²) in [7, 11) is 0. The Balaban J connectivity index is 2.76. The van der Waals surface area contributed by atoms with Crippen LogP contribution >= 0.6 is 0 Å². The van der Waals surface area contributed by atoms with Crippen molar-refractivity contribution in [2.24, 2.45) is 0 Å². The van der Waals surface area contributed by atoms with E-state index >= 15 is 0 Å². The molecule has 0 heterocycles. The van der Waals surface area contributed by atoms with Crippen molar-refractivity contribution in [2.45, 2.75) is 38.8 Å². The maximum Gasteiger partial charge on any atom is 0.416 e. The van der Waals surface area contributed by atoms with Gasteiger partial charge >= 0.3 is 6.18 Å². The first-order chi connectivity index (χ1) is 7.45. The van der Waals surface area contributed by atoms with Crippen LogP contribution in [0.25, 0.3) is 0 Å². The third-order valence-electron chi connectivity index (χ3n) is 2.43. The number of unbranched alkanes of at least 4 members (excludes halogenated alkanes) is 2. The summed E-state index contributed by atoms with van der Waals surface area (Å²) in [6.45, 7) is 2.02. The number of hydrogen-bond acceptors (Lipinski definition) is 0. The molecule has 0 nitrogen and oxygen atoms in total. The molecule has 0 saturated carbocycles. The van der Waals surface area contributed by atoms with E-state index in [9.17, 15) is 17.6 Å². The second kappa shape index (κ2) is 5.32. The Hall–Kier alpha value is -1.06. The molecular formula is C12H14F4. The lowest BCUT2D eigenvalue weighted by Crippen LogP contribution is -2.06. The van der Waals surface area contributed by atoms with E-state index < -0.39 is 17.6 Å². The summed E-state index contributed by atoms with van der Waals surface area (Å²) in [5, 5.41) is 0. The summed E-state index contributed by atoms with van der Waals surface area (Å²) in [4.78, 5) is 0. The highest BCUT2D eigenvalue weighted by Gasteiger charge is 2.30. The van der Waals surface area contributed by atoms with Crippen molar-refractivity contribution in [3.05, 3.63) is 35.1 Å². The van der Waals surface area contributed by atoms with Gasteiger partial charge in [0, 0.05) is 0 Å². The van der Waals surface area contributed by atoms with Gasteiger partial charge in [0.1, 0.15) is 5.82 Å². The summed E-state index contributed by atoms with van der Waals surface area (Å²) in [5.41, 5.74) is -0.564. The predicted molar refractivity (Wildman–Crippen MR) is 54.6 cm³/mol. The molecule has 0 unspecified atom stereocenters. The molecule has 0 aliphatic heterocycles. The first-order valence-corrected chi connectivity index (χ1v) is 5.30. The molecule has 0 saturated heterocycles. The van der Waals surface area contributed by atoms with E-state index in [4.69, 9.17) is 0 Å². The number of alkyl halides is 3. The smallest absolute Gasteiger partial charge is 0.207 e. The lowest BCUT2D eigenvalue weighted by Gasteiger charge is -2.08. The number of halogens is 4. The van der Waals surface area contributed by atoms with E-state index in [0.29, 0.717) is 18.1 Å². The Bertz CT molecular complexity index is 341. The quantitative estimate of drug-likeness (QED) is 0.528. The SMILES string of the molecule is CCCCCc1ccc(C(F)(F)F)cc1F. The average Bonchev–Trinajstić information content (AvgIpc) is 2.19. The van der Waals surface area contributed by atoms with Gasteiger partial charge in [-0.25, -0.2) is 4.39 Å². The molecule has 0 aromatic heterocycles. The Kier molecular flexibility index (Phi) is 4.33. The molecule has 0 radical (unpaired) electrons. The number of benzene rings is 1. The van der Waals surface area contributed by atoms with Gasteiger partial charge in [0.2, 0.25) is 0 Å². The van der Waals surface area contributed by atoms with Crippen molar-refractivity contribution >= 4 is 0 Å². The number of aryl methyl sites for hydroxylation is 1. The molecule has 0 N–H and O–H groups in total. The zero-order valence-electron chi connectivity index (χ0n) is 9.07. The molecule has 0 bridgehead atoms. The highest BCUT2D eigenvalue weighted by Crippen LogP contribution is 2.30. The first-order valence-electron chi connectivity index (χ1n) is 5.30. The van der Waals surface area contributed by atoms with E-state index in [1.165, 1.54) is 6.07 Å². The second-order valence-electron chi connectivity index (χ2n) is 3.76. The molecule has 16 heavy (non-hydrogen) atoms. The summed E-state index contributed by atoms with van der Waals surface area (Å²) in [6, 6.07) is 2.74. The van der Waals surface area contributed by atoms with Gasteiger partial charge in [0.25, 0.3) is 0 Å². The molecular weight excluding hydrogens is 220 g/mol. The molecule has 0 amide bonds. The zero-order valence-corrected chi connectivity index (χ0v) is 9.07. The first kappa shape index (κ1) is 13.0. The van der Waals surface area contributed by atoms with E-state index in [2.05, 4.69) is 0 Å². The fourth-order valence-electron chi connectivity index (χ4n) is 1.49. The topological polar surface area (TPSA) is 0 Å². The molecule has 0 spiro atoms. The summed E-state index contributed by atoms with van der Waals surface area (Å²) < 4.78 is 50.0. The van der Waals surface area contributed by atoms with Crippen LogP contribution in [0, 0.1) is 5.82 Å². The summed E-state index contributed by atoms with van der Waals surface area (Å²) >= 11 is 0. The maximum atomic E-state index is 13.3. The fourth-order valence-corrected chi connectivity index (χ4v) is 1.49. The molecule has 0 aliphatic carbocycles. The molecule has 90 valence electrons. The van der Waals surface area contributed by atoms with Crippen LogP contribution in [0.1, 0.15) is 37.3 Å². The maximum absolute atomic E-state index is 13.3. The Morgan fingerprint density at radius 1 is 1.12 bits per heavy atom. The normalized spacial score (nSPS) is 11.8. The second-order valence-corrected chi connectivity index (χ2v) is 3.76. The van der Waals surface area contributed by atoms with Crippen molar-refractivity contribution in [3.63, 3.8) is 0 Å². The van der Waals surface area contributed by atoms with Crippen LogP contribution in [0.5, 0.6) is 0 Å². The Morgan fingerprint density at radius 3 is 2.31 bits per heavy atom. The van der Waals surface area contributed by atoms with E-state index in [1.807, 2.05) is 6.92 Å². The minimum absolute atomic E-state index is 0.362. The lowest BCUT2D eigenvalue weighted by molar-refractivity contribution is -0.137. The van der Waals surface area contributed by atoms with E-state index in [-0.39, 0.29) is 0 Å². The van der Waals surface area contributed by atoms with Gasteiger partial charge in [0.05, 0.1) is 5.56 Å². The molecule has 0 fully saturated rings. The average molecular weight is 234 g/mol. The molecule has 1 aromatic rings. The monoisotopic (exact) mass is 234 g/mol. The molecule has 0 aliphatic rings. The fraction of sp³-hybridized carbons (Fsp3) is 0.500. The van der Waals surface area contributed by atoms with E-state index in [1.54, 1.807) is 0 Å². The van der Waals surface area contributed by atoms with Crippen LogP contribution in [-0.4, -0.2) is 0 Å². The molecule has 1 aromatic carbocycles. The van der Waals surface area contributed by atoms with Crippen molar-refractivity contribution in [2.75, 3.05) is 0 Å². The van der Waals surface area contributed by atoms with Gasteiger partial charge in [-0.2, -0.15) is 13.2 Å². The largest absolute Gasteiger partial charge is 0.416 e. The van der Waals surface area contributed by atoms with Crippen LogP contribution in [0.4, 0.5) is 17.6 Å². The van der Waals surface area contributed by atoms with Gasteiger partial charge in [-0.05, 0) is 30.5 Å². The number of hydrogen-bond donors (Lipinski definition) is 0. The van der Waals surface area contributed by atoms with Gasteiger partial charge in [-0.1, -0.05) is 25.8 Å². The highest BCUT2D eigenvalue weighted by molar-refractivity contribution is 5.26. The molecule has 1 rings (SSSR count). The number of rotatable bonds is 4. The highest BCUT2D eigenvalue weighted by atomic mass is 19.4. The zero-order chi connectivity index (χ0) is 12.2. The molecule has 4 heteroatoms. The van der Waals surface area contributed by atoms with Gasteiger partial charge in [-0.3, -0.25) is 0 Å². The van der Waals surface area contributed by atoms with Crippen molar-refractivity contribution in [3.8, 4) is 0 Å². The van der Waals surface area contributed by atoms with Crippen molar-refractivity contribution < 1.29 is 17.6 Å². The van der Waals surface area contributed by atoms with Crippen LogP contribution < -0.4 is 0 Å². The standard InChI is InChI=1S/C12H14F4/c1-2-3-4-5-9-6-7-10(8-11(9)13)12(14,15)16/h6-8H,2-5H2,1H3. The minimum atomic E-state index is -4.47. The van der Waals surface area contributed by atoms with Crippen LogP contribution in [0.2, 0.25) is 0 Å². The summed E-state index contributed by atoms with van der Waals surface area (Å²) in [6.07, 6.45) is -1.21. The van der Waals surface area contributed by atoms with Gasteiger partial charge in [-0.15, -0.1) is 0 Å². The van der Waals surface area contributed by atoms with Gasteiger partial charge in [0.15, 0.2) is 0 Å². The lowest BCUT2D eigenvalue weighted by atomic mass is 10.0. The van der Waals surface area contributed by atoms with E-state index in [0.717, 1.165) is 25.3 Å². The van der Waals surface area contributed by atoms with Crippen molar-refractivity contribution in [1.29, 1.82) is 0 Å².